The number of hydrogen-bond donors (Lipinski definition) is 2. The molecule has 0 radical (unpaired) electrons. The van der Waals surface area contributed by atoms with Crippen LogP contribution in [-0.4, -0.2) is 44.3 Å². The molecule has 0 aliphatic rings. The first-order chi connectivity index (χ1) is 19.1. The van der Waals surface area contributed by atoms with Crippen molar-refractivity contribution in [3.8, 4) is 5.75 Å². The zero-order valence-electron chi connectivity index (χ0n) is 22.4. The second kappa shape index (κ2) is 14.4. The molecule has 40 heavy (non-hydrogen) atoms. The predicted octanol–water partition coefficient (Wildman–Crippen LogP) is 4.87. The van der Waals surface area contributed by atoms with E-state index in [2.05, 4.69) is 17.0 Å². The van der Waals surface area contributed by atoms with Gasteiger partial charge in [0.15, 0.2) is 6.61 Å². The summed E-state index contributed by atoms with van der Waals surface area (Å²) in [6.07, 6.45) is 2.81. The molecule has 11 heteroatoms. The van der Waals surface area contributed by atoms with Crippen molar-refractivity contribution in [2.75, 3.05) is 17.9 Å². The first kappa shape index (κ1) is 30.6. The fourth-order valence-electron chi connectivity index (χ4n) is 3.78. The van der Waals surface area contributed by atoms with Gasteiger partial charge in [0.2, 0.25) is 5.91 Å². The van der Waals surface area contributed by atoms with Gasteiger partial charge < -0.3 is 15.0 Å². The molecule has 2 amide bonds. The van der Waals surface area contributed by atoms with Crippen molar-refractivity contribution in [1.29, 1.82) is 0 Å². The van der Waals surface area contributed by atoms with Crippen molar-refractivity contribution >= 4 is 27.5 Å². The van der Waals surface area contributed by atoms with Crippen LogP contribution in [0.15, 0.2) is 77.7 Å². The monoisotopic (exact) mass is 573 g/mol. The molecule has 1 atom stereocenters. The van der Waals surface area contributed by atoms with Gasteiger partial charge in [-0.05, 0) is 79.6 Å². The Morgan fingerprint density at radius 2 is 1.50 bits per heavy atom. The molecule has 0 bridgehead atoms. The highest BCUT2D eigenvalue weighted by Crippen LogP contribution is 2.20. The van der Waals surface area contributed by atoms with Crippen molar-refractivity contribution in [1.82, 2.24) is 10.2 Å². The Morgan fingerprint density at radius 1 is 0.900 bits per heavy atom. The molecule has 0 heterocycles. The van der Waals surface area contributed by atoms with Crippen molar-refractivity contribution in [2.24, 2.45) is 0 Å². The van der Waals surface area contributed by atoms with Gasteiger partial charge in [-0.2, -0.15) is 0 Å². The van der Waals surface area contributed by atoms with Crippen molar-refractivity contribution in [3.05, 3.63) is 90.0 Å². The lowest BCUT2D eigenvalue weighted by molar-refractivity contribution is -0.142. The van der Waals surface area contributed by atoms with Gasteiger partial charge >= 0.3 is 0 Å². The molecule has 0 spiro atoms. The van der Waals surface area contributed by atoms with Gasteiger partial charge in [-0.1, -0.05) is 31.9 Å². The number of nitrogens with one attached hydrogen (secondary N) is 2. The first-order valence-corrected chi connectivity index (χ1v) is 14.4. The maximum Gasteiger partial charge on any atom is 0.261 e. The minimum atomic E-state index is -3.93. The number of carbonyl (C=O) groups is 2. The number of rotatable bonds is 14. The average molecular weight is 574 g/mol. The van der Waals surface area contributed by atoms with E-state index >= 15 is 0 Å². The summed E-state index contributed by atoms with van der Waals surface area (Å²) in [5, 5.41) is 2.85. The number of amides is 2. The number of anilines is 1. The molecule has 0 saturated heterocycles. The summed E-state index contributed by atoms with van der Waals surface area (Å²) >= 11 is 0. The fraction of sp³-hybridized carbons (Fsp3) is 0.310. The van der Waals surface area contributed by atoms with Crippen LogP contribution < -0.4 is 14.8 Å². The average Bonchev–Trinajstić information content (AvgIpc) is 2.94. The van der Waals surface area contributed by atoms with Gasteiger partial charge in [-0.3, -0.25) is 14.3 Å². The Balaban J connectivity index is 1.66. The van der Waals surface area contributed by atoms with E-state index in [1.807, 2.05) is 0 Å². The number of carbonyl (C=O) groups excluding carboxylic acids is 2. The highest BCUT2D eigenvalue weighted by Gasteiger charge is 2.26. The Labute approximate surface area is 233 Å². The van der Waals surface area contributed by atoms with E-state index in [0.717, 1.165) is 31.4 Å². The number of benzene rings is 3. The number of halogens is 2. The minimum Gasteiger partial charge on any atom is -0.484 e. The maximum atomic E-state index is 13.4. The lowest BCUT2D eigenvalue weighted by atomic mass is 10.1. The van der Waals surface area contributed by atoms with Crippen LogP contribution in [0.25, 0.3) is 0 Å². The van der Waals surface area contributed by atoms with E-state index in [-0.39, 0.29) is 28.8 Å². The Bertz CT molecular complexity index is 1370. The van der Waals surface area contributed by atoms with Gasteiger partial charge in [-0.15, -0.1) is 0 Å². The van der Waals surface area contributed by atoms with Gasteiger partial charge in [0, 0.05) is 18.8 Å². The summed E-state index contributed by atoms with van der Waals surface area (Å²) in [6.45, 7) is 3.83. The molecule has 0 aromatic heterocycles. The van der Waals surface area contributed by atoms with Crippen LogP contribution in [-0.2, 0) is 26.2 Å². The second-order valence-electron chi connectivity index (χ2n) is 9.19. The number of sulfonamides is 1. The lowest BCUT2D eigenvalue weighted by Gasteiger charge is -2.28. The predicted molar refractivity (Wildman–Crippen MR) is 148 cm³/mol. The van der Waals surface area contributed by atoms with Gasteiger partial charge in [-0.25, -0.2) is 17.2 Å². The second-order valence-corrected chi connectivity index (χ2v) is 10.9. The van der Waals surface area contributed by atoms with Gasteiger partial charge in [0.05, 0.1) is 4.90 Å². The van der Waals surface area contributed by atoms with Crippen molar-refractivity contribution in [2.45, 2.75) is 50.6 Å². The van der Waals surface area contributed by atoms with Crippen molar-refractivity contribution < 1.29 is 31.5 Å². The van der Waals surface area contributed by atoms with E-state index in [1.165, 1.54) is 53.4 Å². The Kier molecular flexibility index (Phi) is 11.0. The van der Waals surface area contributed by atoms with E-state index < -0.39 is 40.2 Å². The van der Waals surface area contributed by atoms with Crippen molar-refractivity contribution in [3.63, 3.8) is 0 Å². The number of nitrogens with zero attached hydrogens (tertiary/aromatic N) is 1. The zero-order chi connectivity index (χ0) is 29.1. The molecule has 3 rings (SSSR count). The first-order valence-electron chi connectivity index (χ1n) is 12.9. The number of unbranched alkanes of at least 4 members (excludes halogenated alkanes) is 2. The van der Waals surface area contributed by atoms with Gasteiger partial charge in [0.1, 0.15) is 23.4 Å². The number of hydrogen-bond acceptors (Lipinski definition) is 5. The quantitative estimate of drug-likeness (QED) is 0.268. The third-order valence-electron chi connectivity index (χ3n) is 6.11. The third kappa shape index (κ3) is 9.04. The van der Waals surface area contributed by atoms with E-state index in [4.69, 9.17) is 4.74 Å². The van der Waals surface area contributed by atoms with Crippen LogP contribution in [0.5, 0.6) is 5.75 Å². The normalized spacial score (nSPS) is 11.9. The molecule has 3 aromatic rings. The van der Waals surface area contributed by atoms with E-state index in [9.17, 15) is 26.8 Å². The van der Waals surface area contributed by atoms with Crippen LogP contribution in [0.3, 0.4) is 0 Å². The number of ether oxygens (including phenoxy) is 1. The summed E-state index contributed by atoms with van der Waals surface area (Å²) in [5.74, 6) is -1.44. The SMILES string of the molecule is CCCCCNC(=O)C(C)N(Cc1ccc(F)cc1)C(=O)COc1ccc(S(=O)(=O)Nc2ccc(F)cc2)cc1. The Morgan fingerprint density at radius 3 is 2.10 bits per heavy atom. The summed E-state index contributed by atoms with van der Waals surface area (Å²) in [7, 11) is -3.93. The van der Waals surface area contributed by atoms with Crippen LogP contribution in [0.4, 0.5) is 14.5 Å². The molecule has 0 aliphatic heterocycles. The third-order valence-corrected chi connectivity index (χ3v) is 7.50. The molecule has 2 N–H and O–H groups in total. The maximum absolute atomic E-state index is 13.4. The zero-order valence-corrected chi connectivity index (χ0v) is 23.2. The molecule has 1 unspecified atom stereocenters. The van der Waals surface area contributed by atoms with Gasteiger partial charge in [0.25, 0.3) is 15.9 Å². The summed E-state index contributed by atoms with van der Waals surface area (Å²) in [5.41, 5.74) is 0.848. The summed E-state index contributed by atoms with van der Waals surface area (Å²) < 4.78 is 59.7. The summed E-state index contributed by atoms with van der Waals surface area (Å²) in [6, 6.07) is 15.2. The highest BCUT2D eigenvalue weighted by atomic mass is 32.2. The van der Waals surface area contributed by atoms with Crippen LogP contribution in [0.1, 0.15) is 38.7 Å². The van der Waals surface area contributed by atoms with E-state index in [1.54, 1.807) is 19.1 Å². The Hall–Kier alpha value is -3.99. The molecule has 0 fully saturated rings. The van der Waals surface area contributed by atoms with Crippen LogP contribution in [0.2, 0.25) is 0 Å². The standard InChI is InChI=1S/C29H33F2N3O5S/c1-3-4-5-18-32-29(36)21(2)34(19-22-6-8-23(30)9-7-22)28(35)20-39-26-14-16-27(17-15-26)40(37,38)33-25-12-10-24(31)11-13-25/h6-17,21,33H,3-5,18-20H2,1-2H3,(H,32,36). The molecular formula is C29H33F2N3O5S. The molecular weight excluding hydrogens is 540 g/mol. The van der Waals surface area contributed by atoms with Crippen LogP contribution in [0, 0.1) is 11.6 Å². The van der Waals surface area contributed by atoms with E-state index in [0.29, 0.717) is 12.1 Å². The van der Waals surface area contributed by atoms with Crippen LogP contribution >= 0.6 is 0 Å². The topological polar surface area (TPSA) is 105 Å². The largest absolute Gasteiger partial charge is 0.484 e. The smallest absolute Gasteiger partial charge is 0.261 e. The molecule has 8 nitrogen and oxygen atoms in total. The highest BCUT2D eigenvalue weighted by molar-refractivity contribution is 7.92. The molecule has 0 saturated carbocycles. The molecule has 0 aliphatic carbocycles. The lowest BCUT2D eigenvalue weighted by Crippen LogP contribution is -2.49. The molecule has 3 aromatic carbocycles. The minimum absolute atomic E-state index is 0.0539. The fourth-order valence-corrected chi connectivity index (χ4v) is 4.84. The molecule has 214 valence electrons. The summed E-state index contributed by atoms with van der Waals surface area (Å²) in [4.78, 5) is 27.2.